The van der Waals surface area contributed by atoms with E-state index in [1.807, 2.05) is 48.5 Å². The smallest absolute Gasteiger partial charge is 0.0484 e. The Labute approximate surface area is 107 Å². The number of allylic oxidation sites excluding steroid dienone is 2. The average molecular weight is 241 g/mol. The molecule has 0 atom stereocenters. The van der Waals surface area contributed by atoms with Crippen molar-refractivity contribution in [1.82, 2.24) is 0 Å². The quantitative estimate of drug-likeness (QED) is 0.666. The zero-order valence-corrected chi connectivity index (χ0v) is 10.2. The van der Waals surface area contributed by atoms with Crippen LogP contribution in [0.3, 0.4) is 0 Å². The molecule has 0 saturated heterocycles. The zero-order valence-electron chi connectivity index (χ0n) is 9.44. The van der Waals surface area contributed by atoms with Gasteiger partial charge in [0, 0.05) is 10.6 Å². The minimum atomic E-state index is 0.754. The van der Waals surface area contributed by atoms with Crippen molar-refractivity contribution < 1.29 is 0 Å². The van der Waals surface area contributed by atoms with E-state index in [2.05, 4.69) is 18.7 Å². The molecule has 2 aromatic carbocycles. The summed E-state index contributed by atoms with van der Waals surface area (Å²) in [6.07, 6.45) is 3.77. The lowest BCUT2D eigenvalue weighted by Gasteiger charge is -2.09. The van der Waals surface area contributed by atoms with Gasteiger partial charge in [0.15, 0.2) is 0 Å². The van der Waals surface area contributed by atoms with Gasteiger partial charge in [0.05, 0.1) is 0 Å². The maximum absolute atomic E-state index is 6.23. The molecule has 0 nitrogen and oxygen atoms in total. The van der Waals surface area contributed by atoms with Crippen LogP contribution < -0.4 is 0 Å². The van der Waals surface area contributed by atoms with Crippen LogP contribution >= 0.6 is 11.6 Å². The molecule has 0 aliphatic carbocycles. The van der Waals surface area contributed by atoms with Crippen molar-refractivity contribution in [3.8, 4) is 0 Å². The Bertz CT molecular complexity index is 538. The van der Waals surface area contributed by atoms with Crippen molar-refractivity contribution in [2.24, 2.45) is 0 Å². The van der Waals surface area contributed by atoms with Crippen LogP contribution in [0.2, 0.25) is 5.02 Å². The van der Waals surface area contributed by atoms with Gasteiger partial charge in [0.1, 0.15) is 0 Å². The normalized spacial score (nSPS) is 11.2. The number of hydrogen-bond acceptors (Lipinski definition) is 0. The summed E-state index contributed by atoms with van der Waals surface area (Å²) < 4.78 is 0. The molecule has 0 aliphatic heterocycles. The van der Waals surface area contributed by atoms with Gasteiger partial charge in [-0.3, -0.25) is 0 Å². The summed E-state index contributed by atoms with van der Waals surface area (Å²) in [5.74, 6) is 0. The summed E-state index contributed by atoms with van der Waals surface area (Å²) in [6.45, 7) is 3.76. The van der Waals surface area contributed by atoms with Gasteiger partial charge in [-0.25, -0.2) is 0 Å². The van der Waals surface area contributed by atoms with Gasteiger partial charge >= 0.3 is 0 Å². The first-order valence-electron chi connectivity index (χ1n) is 5.46. The van der Waals surface area contributed by atoms with E-state index in [-0.39, 0.29) is 0 Å². The van der Waals surface area contributed by atoms with E-state index < -0.39 is 0 Å². The molecule has 1 heteroatoms. The third-order valence-corrected chi connectivity index (χ3v) is 2.86. The molecule has 0 radical (unpaired) electrons. The molecule has 2 aromatic rings. The van der Waals surface area contributed by atoms with E-state index in [0.29, 0.717) is 0 Å². The molecule has 0 N–H and O–H groups in total. The fourth-order valence-electron chi connectivity index (χ4n) is 1.76. The molecule has 84 valence electrons. The summed E-state index contributed by atoms with van der Waals surface area (Å²) in [4.78, 5) is 0. The second-order valence-corrected chi connectivity index (χ2v) is 4.07. The highest BCUT2D eigenvalue weighted by molar-refractivity contribution is 6.32. The van der Waals surface area contributed by atoms with Crippen molar-refractivity contribution in [1.29, 1.82) is 0 Å². The summed E-state index contributed by atoms with van der Waals surface area (Å²) in [5.41, 5.74) is 3.26. The Morgan fingerprint density at radius 2 is 1.59 bits per heavy atom. The second-order valence-electron chi connectivity index (χ2n) is 3.66. The molecular weight excluding hydrogens is 228 g/mol. The minimum absolute atomic E-state index is 0.754. The lowest BCUT2D eigenvalue weighted by atomic mass is 9.97. The lowest BCUT2D eigenvalue weighted by Crippen LogP contribution is -1.88. The van der Waals surface area contributed by atoms with Gasteiger partial charge in [0.2, 0.25) is 0 Å². The summed E-state index contributed by atoms with van der Waals surface area (Å²) >= 11 is 6.23. The van der Waals surface area contributed by atoms with E-state index in [4.69, 9.17) is 11.6 Å². The first-order chi connectivity index (χ1) is 8.33. The first-order valence-corrected chi connectivity index (χ1v) is 5.84. The maximum Gasteiger partial charge on any atom is 0.0484 e. The molecule has 0 fully saturated rings. The van der Waals surface area contributed by atoms with Crippen LogP contribution in [0.1, 0.15) is 11.1 Å². The third-order valence-electron chi connectivity index (χ3n) is 2.53. The maximum atomic E-state index is 6.23. The van der Waals surface area contributed by atoms with Crippen LogP contribution in [0.4, 0.5) is 0 Å². The van der Waals surface area contributed by atoms with Crippen LogP contribution in [-0.2, 0) is 0 Å². The molecule has 0 saturated carbocycles. The SMILES string of the molecule is C=C/C=C(\c1ccccc1)c1ccccc1Cl. The molecule has 0 bridgehead atoms. The highest BCUT2D eigenvalue weighted by atomic mass is 35.5. The molecule has 0 amide bonds. The van der Waals surface area contributed by atoms with Crippen molar-refractivity contribution in [2.45, 2.75) is 0 Å². The predicted molar refractivity (Wildman–Crippen MR) is 75.2 cm³/mol. The molecule has 0 aromatic heterocycles. The number of hydrogen-bond donors (Lipinski definition) is 0. The van der Waals surface area contributed by atoms with E-state index in [9.17, 15) is 0 Å². The van der Waals surface area contributed by atoms with E-state index in [0.717, 1.165) is 21.7 Å². The third kappa shape index (κ3) is 2.66. The van der Waals surface area contributed by atoms with Crippen molar-refractivity contribution >= 4 is 17.2 Å². The molecule has 2 rings (SSSR count). The first kappa shape index (κ1) is 11.7. The number of halogens is 1. The fourth-order valence-corrected chi connectivity index (χ4v) is 1.99. The van der Waals surface area contributed by atoms with Gasteiger partial charge in [-0.05, 0) is 17.2 Å². The van der Waals surface area contributed by atoms with Crippen molar-refractivity contribution in [3.63, 3.8) is 0 Å². The molecule has 0 unspecified atom stereocenters. The summed E-state index contributed by atoms with van der Waals surface area (Å²) in [5, 5.41) is 0.754. The monoisotopic (exact) mass is 240 g/mol. The standard InChI is InChI=1S/C16H13Cl/c1-2-8-14(13-9-4-3-5-10-13)15-11-6-7-12-16(15)17/h2-12H,1H2/b14-8+. The molecule has 0 aliphatic rings. The highest BCUT2D eigenvalue weighted by Crippen LogP contribution is 2.29. The van der Waals surface area contributed by atoms with Gasteiger partial charge < -0.3 is 0 Å². The molecule has 17 heavy (non-hydrogen) atoms. The highest BCUT2D eigenvalue weighted by Gasteiger charge is 2.06. The Hall–Kier alpha value is -1.79. The second kappa shape index (κ2) is 5.51. The average Bonchev–Trinajstić information content (AvgIpc) is 2.38. The van der Waals surface area contributed by atoms with E-state index >= 15 is 0 Å². The van der Waals surface area contributed by atoms with Crippen LogP contribution in [0.5, 0.6) is 0 Å². The van der Waals surface area contributed by atoms with Gasteiger partial charge in [-0.15, -0.1) is 0 Å². The number of benzene rings is 2. The lowest BCUT2D eigenvalue weighted by molar-refractivity contribution is 1.54. The van der Waals surface area contributed by atoms with Crippen molar-refractivity contribution in [3.05, 3.63) is 89.5 Å². The van der Waals surface area contributed by atoms with Gasteiger partial charge in [-0.1, -0.05) is 78.9 Å². The zero-order chi connectivity index (χ0) is 12.1. The Balaban J connectivity index is 2.56. The van der Waals surface area contributed by atoms with Gasteiger partial charge in [-0.2, -0.15) is 0 Å². The predicted octanol–water partition coefficient (Wildman–Crippen LogP) is 4.96. The molecule has 0 spiro atoms. The molecule has 0 heterocycles. The van der Waals surface area contributed by atoms with Crippen LogP contribution in [0.15, 0.2) is 73.3 Å². The topological polar surface area (TPSA) is 0 Å². The Morgan fingerprint density at radius 1 is 0.941 bits per heavy atom. The van der Waals surface area contributed by atoms with Crippen LogP contribution in [0.25, 0.3) is 5.57 Å². The minimum Gasteiger partial charge on any atom is -0.0990 e. The largest absolute Gasteiger partial charge is 0.0990 e. The van der Waals surface area contributed by atoms with Crippen LogP contribution in [-0.4, -0.2) is 0 Å². The molecular formula is C16H13Cl. The fraction of sp³-hybridized carbons (Fsp3) is 0. The summed E-state index contributed by atoms with van der Waals surface area (Å²) in [6, 6.07) is 18.0. The van der Waals surface area contributed by atoms with E-state index in [1.165, 1.54) is 0 Å². The number of rotatable bonds is 3. The Morgan fingerprint density at radius 3 is 2.24 bits per heavy atom. The van der Waals surface area contributed by atoms with Crippen molar-refractivity contribution in [2.75, 3.05) is 0 Å². The van der Waals surface area contributed by atoms with Crippen LogP contribution in [0, 0.1) is 0 Å². The Kier molecular flexibility index (Phi) is 3.79. The summed E-state index contributed by atoms with van der Waals surface area (Å²) in [7, 11) is 0. The van der Waals surface area contributed by atoms with Gasteiger partial charge in [0.25, 0.3) is 0 Å². The van der Waals surface area contributed by atoms with E-state index in [1.54, 1.807) is 6.08 Å².